The molecule has 0 saturated heterocycles. The van der Waals surface area contributed by atoms with Gasteiger partial charge in [-0.3, -0.25) is 19.2 Å². The van der Waals surface area contributed by atoms with Crippen molar-refractivity contribution in [1.29, 1.82) is 0 Å². The van der Waals surface area contributed by atoms with Crippen LogP contribution in [-0.4, -0.2) is 28.7 Å². The fourth-order valence-electron chi connectivity index (χ4n) is 2.01. The van der Waals surface area contributed by atoms with Gasteiger partial charge >= 0.3 is 5.97 Å². The van der Waals surface area contributed by atoms with Gasteiger partial charge in [-0.15, -0.1) is 0 Å². The van der Waals surface area contributed by atoms with Gasteiger partial charge in [0, 0.05) is 18.4 Å². The Morgan fingerprint density at radius 1 is 1.05 bits per heavy atom. The molecule has 1 aromatic rings. The standard InChI is InChI=1S/C14H14N2O5/c17-11(2-1-3-14(20)21)8-4-5-9-10(6-8)16-13(19)7-12(18)15-9/h4-6H,1-3,7H2,(H,15,18)(H,16,19)(H,20,21). The van der Waals surface area contributed by atoms with Crippen molar-refractivity contribution in [3.05, 3.63) is 23.8 Å². The van der Waals surface area contributed by atoms with Crippen LogP contribution < -0.4 is 10.6 Å². The number of nitrogens with one attached hydrogen (secondary N) is 2. The van der Waals surface area contributed by atoms with Crippen molar-refractivity contribution in [1.82, 2.24) is 0 Å². The van der Waals surface area contributed by atoms with Gasteiger partial charge in [0.05, 0.1) is 11.4 Å². The van der Waals surface area contributed by atoms with Crippen LogP contribution in [0.2, 0.25) is 0 Å². The molecule has 1 aliphatic rings. The van der Waals surface area contributed by atoms with Crippen LogP contribution in [0.1, 0.15) is 36.0 Å². The Balaban J connectivity index is 2.13. The average Bonchev–Trinajstić information content (AvgIpc) is 2.53. The fourth-order valence-corrected chi connectivity index (χ4v) is 2.01. The molecular weight excluding hydrogens is 276 g/mol. The molecule has 1 aliphatic heterocycles. The van der Waals surface area contributed by atoms with Gasteiger partial charge in [-0.25, -0.2) is 0 Å². The quantitative estimate of drug-likeness (QED) is 0.560. The summed E-state index contributed by atoms with van der Waals surface area (Å²) in [7, 11) is 0. The number of hydrogen-bond donors (Lipinski definition) is 3. The molecule has 21 heavy (non-hydrogen) atoms. The van der Waals surface area contributed by atoms with Gasteiger partial charge in [-0.2, -0.15) is 0 Å². The van der Waals surface area contributed by atoms with Crippen LogP contribution >= 0.6 is 0 Å². The first-order valence-corrected chi connectivity index (χ1v) is 6.44. The molecular formula is C14H14N2O5. The molecule has 0 aromatic heterocycles. The molecule has 0 bridgehead atoms. The topological polar surface area (TPSA) is 113 Å². The van der Waals surface area contributed by atoms with E-state index >= 15 is 0 Å². The van der Waals surface area contributed by atoms with E-state index in [0.29, 0.717) is 16.9 Å². The molecule has 3 N–H and O–H groups in total. The molecule has 0 radical (unpaired) electrons. The van der Waals surface area contributed by atoms with E-state index in [1.54, 1.807) is 12.1 Å². The number of carboxylic acids is 1. The lowest BCUT2D eigenvalue weighted by Crippen LogP contribution is -2.16. The number of benzene rings is 1. The van der Waals surface area contributed by atoms with Gasteiger partial charge in [0.1, 0.15) is 6.42 Å². The number of ketones is 1. The van der Waals surface area contributed by atoms with Crippen molar-refractivity contribution in [3.63, 3.8) is 0 Å². The first-order chi connectivity index (χ1) is 9.95. The summed E-state index contributed by atoms with van der Waals surface area (Å²) in [6, 6.07) is 4.57. The van der Waals surface area contributed by atoms with Crippen molar-refractivity contribution in [2.24, 2.45) is 0 Å². The summed E-state index contributed by atoms with van der Waals surface area (Å²) in [5.74, 6) is -2.00. The largest absolute Gasteiger partial charge is 0.481 e. The Bertz CT molecular complexity index is 624. The first kappa shape index (κ1) is 14.7. The Labute approximate surface area is 120 Å². The van der Waals surface area contributed by atoms with Crippen LogP contribution in [0, 0.1) is 0 Å². The summed E-state index contributed by atoms with van der Waals surface area (Å²) in [4.78, 5) is 45.2. The number of carbonyl (C=O) groups is 4. The SMILES string of the molecule is O=C(O)CCCC(=O)c1ccc2c(c1)NC(=O)CC(=O)N2. The van der Waals surface area contributed by atoms with Crippen molar-refractivity contribution in [3.8, 4) is 0 Å². The van der Waals surface area contributed by atoms with E-state index in [9.17, 15) is 19.2 Å². The molecule has 7 nitrogen and oxygen atoms in total. The number of rotatable bonds is 5. The molecule has 0 atom stereocenters. The Morgan fingerprint density at radius 3 is 2.38 bits per heavy atom. The van der Waals surface area contributed by atoms with E-state index in [1.807, 2.05) is 0 Å². The van der Waals surface area contributed by atoms with Gasteiger partial charge in [-0.1, -0.05) is 0 Å². The second kappa shape index (κ2) is 6.17. The van der Waals surface area contributed by atoms with Crippen molar-refractivity contribution in [2.45, 2.75) is 25.7 Å². The number of aliphatic carboxylic acids is 1. The molecule has 1 aromatic carbocycles. The summed E-state index contributed by atoms with van der Waals surface area (Å²) in [6.45, 7) is 0. The molecule has 110 valence electrons. The van der Waals surface area contributed by atoms with E-state index in [0.717, 1.165) is 0 Å². The molecule has 7 heteroatoms. The van der Waals surface area contributed by atoms with E-state index in [-0.39, 0.29) is 31.5 Å². The lowest BCUT2D eigenvalue weighted by atomic mass is 10.0. The third-order valence-corrected chi connectivity index (χ3v) is 3.01. The van der Waals surface area contributed by atoms with Crippen LogP contribution in [0.3, 0.4) is 0 Å². The smallest absolute Gasteiger partial charge is 0.303 e. The van der Waals surface area contributed by atoms with Gasteiger partial charge in [0.25, 0.3) is 0 Å². The van der Waals surface area contributed by atoms with Crippen LogP contribution in [0.25, 0.3) is 0 Å². The highest BCUT2D eigenvalue weighted by atomic mass is 16.4. The minimum Gasteiger partial charge on any atom is -0.481 e. The number of carbonyl (C=O) groups excluding carboxylic acids is 3. The predicted molar refractivity (Wildman–Crippen MR) is 74.1 cm³/mol. The molecule has 0 unspecified atom stereocenters. The number of fused-ring (bicyclic) bond motifs is 1. The third kappa shape index (κ3) is 3.88. The Kier molecular flexibility index (Phi) is 4.32. The van der Waals surface area contributed by atoms with E-state index in [1.165, 1.54) is 6.07 Å². The van der Waals surface area contributed by atoms with Gasteiger partial charge in [0.2, 0.25) is 11.8 Å². The van der Waals surface area contributed by atoms with Gasteiger partial charge < -0.3 is 15.7 Å². The van der Waals surface area contributed by atoms with Gasteiger partial charge in [-0.05, 0) is 24.6 Å². The molecule has 1 heterocycles. The molecule has 0 fully saturated rings. The molecule has 0 saturated carbocycles. The summed E-state index contributed by atoms with van der Waals surface area (Å²) in [5, 5.41) is 13.7. The zero-order valence-electron chi connectivity index (χ0n) is 11.1. The second-order valence-electron chi connectivity index (χ2n) is 4.70. The van der Waals surface area contributed by atoms with Crippen LogP contribution in [-0.2, 0) is 14.4 Å². The van der Waals surface area contributed by atoms with E-state index < -0.39 is 17.8 Å². The Morgan fingerprint density at radius 2 is 1.71 bits per heavy atom. The minimum absolute atomic E-state index is 0.0660. The zero-order valence-corrected chi connectivity index (χ0v) is 11.1. The zero-order chi connectivity index (χ0) is 15.4. The lowest BCUT2D eigenvalue weighted by molar-refractivity contribution is -0.137. The number of Topliss-reactive ketones (excluding diaryl/α,β-unsaturated/α-hetero) is 1. The molecule has 2 rings (SSSR count). The highest BCUT2D eigenvalue weighted by Crippen LogP contribution is 2.26. The molecule has 2 amide bonds. The second-order valence-corrected chi connectivity index (χ2v) is 4.70. The monoisotopic (exact) mass is 290 g/mol. The maximum Gasteiger partial charge on any atom is 0.303 e. The van der Waals surface area contributed by atoms with E-state index in [4.69, 9.17) is 5.11 Å². The summed E-state index contributed by atoms with van der Waals surface area (Å²) in [6.07, 6.45) is 0.0415. The highest BCUT2D eigenvalue weighted by molar-refractivity contribution is 6.14. The summed E-state index contributed by atoms with van der Waals surface area (Å²) in [5.41, 5.74) is 1.18. The highest BCUT2D eigenvalue weighted by Gasteiger charge is 2.19. The summed E-state index contributed by atoms with van der Waals surface area (Å²) >= 11 is 0. The fraction of sp³-hybridized carbons (Fsp3) is 0.286. The first-order valence-electron chi connectivity index (χ1n) is 6.44. The minimum atomic E-state index is -0.945. The number of anilines is 2. The van der Waals surface area contributed by atoms with Crippen molar-refractivity contribution in [2.75, 3.05) is 10.6 Å². The Hall–Kier alpha value is -2.70. The predicted octanol–water partition coefficient (Wildman–Crippen LogP) is 1.40. The van der Waals surface area contributed by atoms with E-state index in [2.05, 4.69) is 10.6 Å². The maximum absolute atomic E-state index is 12.0. The number of amides is 2. The molecule has 0 spiro atoms. The summed E-state index contributed by atoms with van der Waals surface area (Å²) < 4.78 is 0. The van der Waals surface area contributed by atoms with Crippen LogP contribution in [0.4, 0.5) is 11.4 Å². The van der Waals surface area contributed by atoms with Crippen LogP contribution in [0.5, 0.6) is 0 Å². The molecule has 0 aliphatic carbocycles. The van der Waals surface area contributed by atoms with Crippen molar-refractivity contribution < 1.29 is 24.3 Å². The van der Waals surface area contributed by atoms with Gasteiger partial charge in [0.15, 0.2) is 5.78 Å². The number of hydrogen-bond acceptors (Lipinski definition) is 4. The average molecular weight is 290 g/mol. The van der Waals surface area contributed by atoms with Crippen LogP contribution in [0.15, 0.2) is 18.2 Å². The number of carboxylic acid groups (broad SMARTS) is 1. The maximum atomic E-state index is 12.0. The van der Waals surface area contributed by atoms with Crippen molar-refractivity contribution >= 4 is 34.9 Å². The normalized spacial score (nSPS) is 13.7. The third-order valence-electron chi connectivity index (χ3n) is 3.01. The lowest BCUT2D eigenvalue weighted by Gasteiger charge is -2.09.